The number of H-pyrrole nitrogens is 1. The summed E-state index contributed by atoms with van der Waals surface area (Å²) >= 11 is 0. The van der Waals surface area contributed by atoms with Gasteiger partial charge in [0.15, 0.2) is 0 Å². The molecule has 2 aliphatic heterocycles. The number of piperidine rings is 1. The van der Waals surface area contributed by atoms with Crippen molar-refractivity contribution in [2.45, 2.75) is 50.6 Å². The fourth-order valence-electron chi connectivity index (χ4n) is 5.01. The summed E-state index contributed by atoms with van der Waals surface area (Å²) in [6.45, 7) is 3.75. The standard InChI is InChI=1S/C21H27N5O/c27-20(17-2-1-3-17)26-11-6-18-19(24-15-23-18)21(26)7-12-25(13-8-21)14-16-4-9-22-10-5-16/h4-5,9-10,15,17H,1-3,6-8,11-14H2,(H,23,24). The number of fused-ring (bicyclic) bond motifs is 2. The number of aromatic amines is 1. The van der Waals surface area contributed by atoms with E-state index in [1.54, 1.807) is 0 Å². The minimum Gasteiger partial charge on any atom is -0.348 e. The van der Waals surface area contributed by atoms with Crippen LogP contribution in [0.3, 0.4) is 0 Å². The molecule has 1 N–H and O–H groups in total. The van der Waals surface area contributed by atoms with Crippen LogP contribution in [0.1, 0.15) is 49.1 Å². The molecule has 27 heavy (non-hydrogen) atoms. The largest absolute Gasteiger partial charge is 0.348 e. The van der Waals surface area contributed by atoms with Crippen LogP contribution < -0.4 is 0 Å². The van der Waals surface area contributed by atoms with Crippen LogP contribution >= 0.6 is 0 Å². The van der Waals surface area contributed by atoms with Crippen LogP contribution in [-0.2, 0) is 23.3 Å². The summed E-state index contributed by atoms with van der Waals surface area (Å²) in [5.41, 5.74) is 3.45. The van der Waals surface area contributed by atoms with Crippen molar-refractivity contribution in [2.24, 2.45) is 5.92 Å². The minimum atomic E-state index is -0.213. The fourth-order valence-corrected chi connectivity index (χ4v) is 5.01. The van der Waals surface area contributed by atoms with Gasteiger partial charge in [0.1, 0.15) is 0 Å². The van der Waals surface area contributed by atoms with Gasteiger partial charge in [-0.2, -0.15) is 0 Å². The van der Waals surface area contributed by atoms with E-state index in [2.05, 4.69) is 31.9 Å². The van der Waals surface area contributed by atoms with Gasteiger partial charge in [-0.1, -0.05) is 6.42 Å². The maximum Gasteiger partial charge on any atom is 0.226 e. The molecule has 0 unspecified atom stereocenters. The van der Waals surface area contributed by atoms with Gasteiger partial charge in [-0.25, -0.2) is 4.98 Å². The second kappa shape index (κ2) is 6.75. The summed E-state index contributed by atoms with van der Waals surface area (Å²) < 4.78 is 0. The molecule has 6 nitrogen and oxygen atoms in total. The fraction of sp³-hybridized carbons (Fsp3) is 0.571. The van der Waals surface area contributed by atoms with E-state index in [1.165, 1.54) is 17.7 Å². The Morgan fingerprint density at radius 1 is 1.19 bits per heavy atom. The van der Waals surface area contributed by atoms with E-state index < -0.39 is 0 Å². The number of amides is 1. The first-order chi connectivity index (χ1) is 13.3. The van der Waals surface area contributed by atoms with E-state index in [9.17, 15) is 4.79 Å². The number of likely N-dealkylation sites (tertiary alicyclic amines) is 1. The molecular weight excluding hydrogens is 338 g/mol. The predicted molar refractivity (Wildman–Crippen MR) is 102 cm³/mol. The molecule has 1 saturated heterocycles. The first-order valence-corrected chi connectivity index (χ1v) is 10.2. The number of imidazole rings is 1. The van der Waals surface area contributed by atoms with Crippen LogP contribution in [0.5, 0.6) is 0 Å². The van der Waals surface area contributed by atoms with Gasteiger partial charge >= 0.3 is 0 Å². The lowest BCUT2D eigenvalue weighted by molar-refractivity contribution is -0.149. The maximum absolute atomic E-state index is 13.2. The molecule has 142 valence electrons. The molecular formula is C21H27N5O. The number of hydrogen-bond acceptors (Lipinski definition) is 4. The zero-order valence-electron chi connectivity index (χ0n) is 15.7. The van der Waals surface area contributed by atoms with Crippen molar-refractivity contribution in [3.63, 3.8) is 0 Å². The van der Waals surface area contributed by atoms with Crippen LogP contribution in [0.2, 0.25) is 0 Å². The van der Waals surface area contributed by atoms with Gasteiger partial charge in [-0.3, -0.25) is 14.7 Å². The first kappa shape index (κ1) is 16.9. The van der Waals surface area contributed by atoms with Crippen LogP contribution in [0, 0.1) is 5.92 Å². The third-order valence-electron chi connectivity index (χ3n) is 6.82. The average molecular weight is 365 g/mol. The Hall–Kier alpha value is -2.21. The number of carbonyl (C=O) groups excluding carboxylic acids is 1. The van der Waals surface area contributed by atoms with Crippen molar-refractivity contribution < 1.29 is 4.79 Å². The normalized spacial score (nSPS) is 22.4. The van der Waals surface area contributed by atoms with Gasteiger partial charge in [0.25, 0.3) is 0 Å². The Kier molecular flexibility index (Phi) is 4.23. The number of aromatic nitrogens is 3. The summed E-state index contributed by atoms with van der Waals surface area (Å²) in [6.07, 6.45) is 11.7. The molecule has 1 amide bonds. The third-order valence-corrected chi connectivity index (χ3v) is 6.82. The quantitative estimate of drug-likeness (QED) is 0.908. The average Bonchev–Trinajstić information content (AvgIpc) is 3.13. The molecule has 6 heteroatoms. The molecule has 4 heterocycles. The lowest BCUT2D eigenvalue weighted by Crippen LogP contribution is -2.59. The molecule has 0 atom stereocenters. The van der Waals surface area contributed by atoms with Crippen molar-refractivity contribution in [2.75, 3.05) is 19.6 Å². The van der Waals surface area contributed by atoms with Crippen molar-refractivity contribution in [1.29, 1.82) is 0 Å². The summed E-state index contributed by atoms with van der Waals surface area (Å²) in [5, 5.41) is 0. The number of carbonyl (C=O) groups is 1. The van der Waals surface area contributed by atoms with Crippen LogP contribution in [0.15, 0.2) is 30.9 Å². The number of pyridine rings is 1. The summed E-state index contributed by atoms with van der Waals surface area (Å²) in [5.74, 6) is 0.620. The minimum absolute atomic E-state index is 0.213. The van der Waals surface area contributed by atoms with E-state index >= 15 is 0 Å². The monoisotopic (exact) mass is 365 g/mol. The number of nitrogens with zero attached hydrogens (tertiary/aromatic N) is 4. The van der Waals surface area contributed by atoms with Crippen LogP contribution in [0.25, 0.3) is 0 Å². The Morgan fingerprint density at radius 2 is 1.96 bits per heavy atom. The van der Waals surface area contributed by atoms with Gasteiger partial charge in [0.05, 0.1) is 17.6 Å². The molecule has 2 aromatic rings. The van der Waals surface area contributed by atoms with Gasteiger partial charge in [-0.05, 0) is 43.4 Å². The highest BCUT2D eigenvalue weighted by Crippen LogP contribution is 2.44. The Balaban J connectivity index is 1.38. The number of hydrogen-bond donors (Lipinski definition) is 1. The van der Waals surface area contributed by atoms with Crippen molar-refractivity contribution in [3.05, 3.63) is 47.8 Å². The molecule has 5 rings (SSSR count). The highest BCUT2D eigenvalue weighted by molar-refractivity contribution is 5.81. The van der Waals surface area contributed by atoms with E-state index in [0.717, 1.165) is 64.0 Å². The van der Waals surface area contributed by atoms with Gasteiger partial charge < -0.3 is 9.88 Å². The molecule has 0 bridgehead atoms. The van der Waals surface area contributed by atoms with Crippen molar-refractivity contribution in [3.8, 4) is 0 Å². The lowest BCUT2D eigenvalue weighted by atomic mass is 9.76. The Bertz CT molecular complexity index is 805. The molecule has 0 aromatic carbocycles. The van der Waals surface area contributed by atoms with Gasteiger partial charge in [0.2, 0.25) is 5.91 Å². The summed E-state index contributed by atoms with van der Waals surface area (Å²) in [7, 11) is 0. The molecule has 2 aromatic heterocycles. The Labute approximate surface area is 160 Å². The van der Waals surface area contributed by atoms with Crippen LogP contribution in [0.4, 0.5) is 0 Å². The SMILES string of the molecule is O=C(C1CCC1)N1CCc2[nH]cnc2C12CCN(Cc1ccncc1)CC2. The molecule has 3 aliphatic rings. The predicted octanol–water partition coefficient (Wildman–Crippen LogP) is 2.48. The summed E-state index contributed by atoms with van der Waals surface area (Å²) in [6, 6.07) is 4.17. The molecule has 1 aliphatic carbocycles. The van der Waals surface area contributed by atoms with Gasteiger partial charge in [-0.15, -0.1) is 0 Å². The second-order valence-corrected chi connectivity index (χ2v) is 8.26. The molecule has 1 spiro atoms. The second-order valence-electron chi connectivity index (χ2n) is 8.26. The van der Waals surface area contributed by atoms with E-state index in [1.807, 2.05) is 18.7 Å². The van der Waals surface area contributed by atoms with E-state index in [0.29, 0.717) is 5.91 Å². The van der Waals surface area contributed by atoms with Gasteiger partial charge in [0, 0.05) is 56.6 Å². The third kappa shape index (κ3) is 2.87. The molecule has 1 saturated carbocycles. The Morgan fingerprint density at radius 3 is 2.67 bits per heavy atom. The van der Waals surface area contributed by atoms with Crippen molar-refractivity contribution in [1.82, 2.24) is 24.8 Å². The highest BCUT2D eigenvalue weighted by Gasteiger charge is 2.50. The maximum atomic E-state index is 13.2. The number of nitrogens with one attached hydrogen (secondary N) is 1. The van der Waals surface area contributed by atoms with Crippen molar-refractivity contribution >= 4 is 5.91 Å². The number of rotatable bonds is 3. The first-order valence-electron chi connectivity index (χ1n) is 10.2. The lowest BCUT2D eigenvalue weighted by Gasteiger charge is -2.52. The topological polar surface area (TPSA) is 65.1 Å². The summed E-state index contributed by atoms with van der Waals surface area (Å²) in [4.78, 5) is 30.1. The van der Waals surface area contributed by atoms with Crippen LogP contribution in [-0.4, -0.2) is 50.3 Å². The van der Waals surface area contributed by atoms with E-state index in [4.69, 9.17) is 4.98 Å². The smallest absolute Gasteiger partial charge is 0.226 e. The van der Waals surface area contributed by atoms with E-state index in [-0.39, 0.29) is 11.5 Å². The molecule has 0 radical (unpaired) electrons. The highest BCUT2D eigenvalue weighted by atomic mass is 16.2. The zero-order chi connectivity index (χ0) is 18.3. The molecule has 2 fully saturated rings. The zero-order valence-corrected chi connectivity index (χ0v) is 15.7.